The fourth-order valence-corrected chi connectivity index (χ4v) is 6.08. The number of fused-ring (bicyclic) bond motifs is 2. The minimum absolute atomic E-state index is 0.316. The van der Waals surface area contributed by atoms with Gasteiger partial charge in [0.15, 0.2) is 11.5 Å². The number of carbonyl (C=O) groups is 3. The highest BCUT2D eigenvalue weighted by molar-refractivity contribution is 7.17. The monoisotopic (exact) mass is 571 g/mol. The Hall–Kier alpha value is -4.70. The molecule has 1 aromatic heterocycles. The molecule has 0 bridgehead atoms. The second-order valence-corrected chi connectivity index (χ2v) is 10.5. The fourth-order valence-electron chi connectivity index (χ4n) is 4.81. The molecule has 1 aliphatic carbocycles. The van der Waals surface area contributed by atoms with Crippen molar-refractivity contribution in [1.82, 2.24) is 5.43 Å². The van der Waals surface area contributed by atoms with Crippen LogP contribution < -0.4 is 20.2 Å². The number of hydrogen-bond donors (Lipinski definition) is 2. The maximum Gasteiger partial charge on any atom is 0.341 e. The number of aryl methyl sites for hydroxylation is 1. The molecule has 0 atom stereocenters. The van der Waals surface area contributed by atoms with E-state index >= 15 is 0 Å². The van der Waals surface area contributed by atoms with Crippen molar-refractivity contribution in [3.05, 3.63) is 87.8 Å². The maximum absolute atomic E-state index is 12.6. The van der Waals surface area contributed by atoms with Crippen LogP contribution in [0.15, 0.2) is 65.8 Å². The van der Waals surface area contributed by atoms with Crippen LogP contribution in [0.3, 0.4) is 0 Å². The SMILES string of the molecule is COC(=O)c1c(NC(=O)C(=O)NN=Cc2ccc(OCc3cccc4ccccc34)c(OC)c2)sc2c1CCCC2. The summed E-state index contributed by atoms with van der Waals surface area (Å²) in [6, 6.07) is 19.4. The molecule has 0 spiro atoms. The zero-order chi connectivity index (χ0) is 28.8. The molecule has 0 radical (unpaired) electrons. The van der Waals surface area contributed by atoms with Crippen molar-refractivity contribution in [2.45, 2.75) is 32.3 Å². The van der Waals surface area contributed by atoms with Crippen LogP contribution in [-0.2, 0) is 33.8 Å². The van der Waals surface area contributed by atoms with Crippen LogP contribution in [-0.4, -0.2) is 38.2 Å². The quantitative estimate of drug-likeness (QED) is 0.129. The normalized spacial score (nSPS) is 12.5. The third-order valence-corrected chi connectivity index (χ3v) is 8.03. The van der Waals surface area contributed by atoms with E-state index in [0.29, 0.717) is 34.2 Å². The number of nitrogens with one attached hydrogen (secondary N) is 2. The molecule has 0 fully saturated rings. The number of rotatable bonds is 8. The predicted molar refractivity (Wildman–Crippen MR) is 158 cm³/mol. The summed E-state index contributed by atoms with van der Waals surface area (Å²) in [4.78, 5) is 38.4. The number of hydrazone groups is 1. The van der Waals surface area contributed by atoms with E-state index in [1.165, 1.54) is 31.8 Å². The summed E-state index contributed by atoms with van der Waals surface area (Å²) in [5, 5.41) is 9.04. The molecule has 210 valence electrons. The molecule has 0 unspecified atom stereocenters. The number of ether oxygens (including phenoxy) is 3. The van der Waals surface area contributed by atoms with Crippen LogP contribution >= 0.6 is 11.3 Å². The van der Waals surface area contributed by atoms with Crippen molar-refractivity contribution >= 4 is 51.1 Å². The summed E-state index contributed by atoms with van der Waals surface area (Å²) in [5.74, 6) is -1.38. The van der Waals surface area contributed by atoms with Crippen molar-refractivity contribution in [1.29, 1.82) is 0 Å². The Morgan fingerprint density at radius 2 is 1.76 bits per heavy atom. The molecule has 5 rings (SSSR count). The predicted octanol–water partition coefficient (Wildman–Crippen LogP) is 5.24. The van der Waals surface area contributed by atoms with Gasteiger partial charge >= 0.3 is 17.8 Å². The molecule has 41 heavy (non-hydrogen) atoms. The third-order valence-electron chi connectivity index (χ3n) is 6.82. The number of nitrogens with zero attached hydrogens (tertiary/aromatic N) is 1. The number of hydrogen-bond acceptors (Lipinski definition) is 8. The van der Waals surface area contributed by atoms with Crippen molar-refractivity contribution in [2.24, 2.45) is 5.10 Å². The Kier molecular flexibility index (Phi) is 8.59. The summed E-state index contributed by atoms with van der Waals surface area (Å²) >= 11 is 1.30. The Labute approximate surface area is 241 Å². The fraction of sp³-hybridized carbons (Fsp3) is 0.226. The van der Waals surface area contributed by atoms with Gasteiger partial charge in [0.1, 0.15) is 11.6 Å². The van der Waals surface area contributed by atoms with Gasteiger partial charge in [0.05, 0.1) is 26.0 Å². The van der Waals surface area contributed by atoms with Gasteiger partial charge < -0.3 is 19.5 Å². The number of benzene rings is 3. The highest BCUT2D eigenvalue weighted by Gasteiger charge is 2.28. The van der Waals surface area contributed by atoms with Crippen LogP contribution in [0.2, 0.25) is 0 Å². The summed E-state index contributed by atoms with van der Waals surface area (Å²) in [7, 11) is 2.83. The van der Waals surface area contributed by atoms with Crippen molar-refractivity contribution in [3.8, 4) is 11.5 Å². The lowest BCUT2D eigenvalue weighted by molar-refractivity contribution is -0.136. The largest absolute Gasteiger partial charge is 0.493 e. The smallest absolute Gasteiger partial charge is 0.341 e. The van der Waals surface area contributed by atoms with Crippen molar-refractivity contribution in [2.75, 3.05) is 19.5 Å². The van der Waals surface area contributed by atoms with Gasteiger partial charge in [-0.3, -0.25) is 9.59 Å². The average molecular weight is 572 g/mol. The third kappa shape index (κ3) is 6.22. The Balaban J connectivity index is 1.21. The first kappa shape index (κ1) is 27.9. The number of esters is 1. The lowest BCUT2D eigenvalue weighted by Gasteiger charge is -2.12. The molecule has 3 aromatic carbocycles. The van der Waals surface area contributed by atoms with E-state index < -0.39 is 17.8 Å². The standard InChI is InChI=1S/C31H29N3O6S/c1-38-25-16-19(14-15-24(25)40-18-21-10-7-9-20-8-3-4-11-22(20)21)17-32-34-29(36)28(35)33-30-27(31(37)39-2)23-12-5-6-13-26(23)41-30/h3-4,7-11,14-17H,5-6,12-13,18H2,1-2H3,(H,33,35)(H,34,36). The molecule has 9 nitrogen and oxygen atoms in total. The van der Waals surface area contributed by atoms with E-state index in [-0.39, 0.29) is 0 Å². The van der Waals surface area contributed by atoms with Crippen LogP contribution in [0.25, 0.3) is 10.8 Å². The topological polar surface area (TPSA) is 115 Å². The molecule has 2 N–H and O–H groups in total. The number of carbonyl (C=O) groups excluding carboxylic acids is 3. The van der Waals surface area contributed by atoms with E-state index in [1.807, 2.05) is 24.3 Å². The summed E-state index contributed by atoms with van der Waals surface area (Å²) in [5.41, 5.74) is 5.12. The van der Waals surface area contributed by atoms with Crippen LogP contribution in [0.5, 0.6) is 11.5 Å². The summed E-state index contributed by atoms with van der Waals surface area (Å²) < 4.78 is 16.5. The Morgan fingerprint density at radius 1 is 0.951 bits per heavy atom. The average Bonchev–Trinajstić information content (AvgIpc) is 3.37. The first-order chi connectivity index (χ1) is 20.0. The van der Waals surface area contributed by atoms with Crippen LogP contribution in [0, 0.1) is 0 Å². The summed E-state index contributed by atoms with van der Waals surface area (Å²) in [6.45, 7) is 0.362. The highest BCUT2D eigenvalue weighted by Crippen LogP contribution is 2.38. The van der Waals surface area contributed by atoms with E-state index in [2.05, 4.69) is 34.0 Å². The van der Waals surface area contributed by atoms with Gasteiger partial charge in [0.2, 0.25) is 0 Å². The second kappa shape index (κ2) is 12.6. The maximum atomic E-state index is 12.6. The molecule has 0 saturated carbocycles. The lowest BCUT2D eigenvalue weighted by Crippen LogP contribution is -2.32. The zero-order valence-electron chi connectivity index (χ0n) is 22.7. The first-order valence-electron chi connectivity index (χ1n) is 13.1. The second-order valence-electron chi connectivity index (χ2n) is 9.40. The molecule has 0 aliphatic heterocycles. The Morgan fingerprint density at radius 3 is 2.59 bits per heavy atom. The van der Waals surface area contributed by atoms with Crippen LogP contribution in [0.1, 0.15) is 44.8 Å². The van der Waals surface area contributed by atoms with Crippen LogP contribution in [0.4, 0.5) is 5.00 Å². The van der Waals surface area contributed by atoms with Gasteiger partial charge in [-0.25, -0.2) is 10.2 Å². The van der Waals surface area contributed by atoms with Gasteiger partial charge in [0, 0.05) is 4.88 Å². The van der Waals surface area contributed by atoms with E-state index in [4.69, 9.17) is 14.2 Å². The molecule has 10 heteroatoms. The molecular weight excluding hydrogens is 542 g/mol. The molecule has 0 saturated heterocycles. The number of anilines is 1. The van der Waals surface area contributed by atoms with Gasteiger partial charge in [-0.2, -0.15) is 5.10 Å². The summed E-state index contributed by atoms with van der Waals surface area (Å²) in [6.07, 6.45) is 4.93. The van der Waals surface area contributed by atoms with E-state index in [1.54, 1.807) is 18.2 Å². The molecule has 1 heterocycles. The van der Waals surface area contributed by atoms with Crippen molar-refractivity contribution < 1.29 is 28.6 Å². The van der Waals surface area contributed by atoms with Gasteiger partial charge in [-0.05, 0) is 71.3 Å². The minimum Gasteiger partial charge on any atom is -0.493 e. The van der Waals surface area contributed by atoms with Gasteiger partial charge in [0.25, 0.3) is 0 Å². The van der Waals surface area contributed by atoms with E-state index in [9.17, 15) is 14.4 Å². The van der Waals surface area contributed by atoms with Gasteiger partial charge in [-0.1, -0.05) is 42.5 Å². The number of amides is 2. The van der Waals surface area contributed by atoms with Crippen molar-refractivity contribution in [3.63, 3.8) is 0 Å². The molecule has 1 aliphatic rings. The lowest BCUT2D eigenvalue weighted by atomic mass is 9.95. The Bertz CT molecular complexity index is 1640. The first-order valence-corrected chi connectivity index (χ1v) is 13.9. The van der Waals surface area contributed by atoms with Gasteiger partial charge in [-0.15, -0.1) is 11.3 Å². The molecule has 4 aromatic rings. The minimum atomic E-state index is -0.967. The zero-order valence-corrected chi connectivity index (χ0v) is 23.5. The molecular formula is C31H29N3O6S. The van der Waals surface area contributed by atoms with E-state index in [0.717, 1.165) is 52.5 Å². The highest BCUT2D eigenvalue weighted by atomic mass is 32.1. The number of methoxy groups -OCH3 is 2. The molecule has 2 amide bonds. The number of thiophene rings is 1.